The van der Waals surface area contributed by atoms with Gasteiger partial charge in [0.15, 0.2) is 11.6 Å². The number of carboxylic acids is 1. The second-order valence-corrected chi connectivity index (χ2v) is 6.93. The van der Waals surface area contributed by atoms with Crippen molar-refractivity contribution in [1.82, 2.24) is 15.1 Å². The number of likely N-dealkylation sites (N-methyl/N-ethyl adjacent to an activating group) is 1. The van der Waals surface area contributed by atoms with Gasteiger partial charge < -0.3 is 20.1 Å². The SMILES string of the molecule is C=C(C)C(NC(=O)N1CCOC(CN(C)CC(=O)O)C1)c1ccc(F)c(F)c1. The zero-order chi connectivity index (χ0) is 20.8. The Bertz CT molecular complexity index is 744. The first-order valence-corrected chi connectivity index (χ1v) is 8.85. The third-order valence-electron chi connectivity index (χ3n) is 4.38. The molecule has 2 rings (SSSR count). The van der Waals surface area contributed by atoms with E-state index < -0.39 is 23.6 Å². The predicted molar refractivity (Wildman–Crippen MR) is 98.9 cm³/mol. The Kier molecular flexibility index (Phi) is 7.47. The molecule has 0 spiro atoms. The molecule has 0 aromatic heterocycles. The minimum absolute atomic E-state index is 0.125. The van der Waals surface area contributed by atoms with Gasteiger partial charge in [-0.05, 0) is 31.7 Å². The third-order valence-corrected chi connectivity index (χ3v) is 4.38. The van der Waals surface area contributed by atoms with Gasteiger partial charge in [-0.25, -0.2) is 13.6 Å². The molecule has 1 heterocycles. The monoisotopic (exact) mass is 397 g/mol. The number of halogens is 2. The van der Waals surface area contributed by atoms with Gasteiger partial charge in [0.05, 0.1) is 25.3 Å². The number of urea groups is 1. The van der Waals surface area contributed by atoms with Gasteiger partial charge in [-0.2, -0.15) is 0 Å². The zero-order valence-corrected chi connectivity index (χ0v) is 16.0. The van der Waals surface area contributed by atoms with Crippen LogP contribution in [0.25, 0.3) is 0 Å². The zero-order valence-electron chi connectivity index (χ0n) is 16.0. The first-order valence-electron chi connectivity index (χ1n) is 8.85. The predicted octanol–water partition coefficient (Wildman–Crippen LogP) is 2.01. The largest absolute Gasteiger partial charge is 0.480 e. The number of morpholine rings is 1. The molecule has 154 valence electrons. The Balaban J connectivity index is 2.01. The van der Waals surface area contributed by atoms with Crippen LogP contribution in [0.1, 0.15) is 18.5 Å². The number of rotatable bonds is 7. The number of hydrogen-bond acceptors (Lipinski definition) is 4. The fourth-order valence-electron chi connectivity index (χ4n) is 3.06. The Morgan fingerprint density at radius 2 is 2.14 bits per heavy atom. The number of nitrogens with zero attached hydrogens (tertiary/aromatic N) is 2. The van der Waals surface area contributed by atoms with Gasteiger partial charge >= 0.3 is 12.0 Å². The number of amides is 2. The van der Waals surface area contributed by atoms with E-state index in [2.05, 4.69) is 11.9 Å². The van der Waals surface area contributed by atoms with Gasteiger partial charge in [-0.1, -0.05) is 18.2 Å². The lowest BCUT2D eigenvalue weighted by Gasteiger charge is -2.35. The minimum Gasteiger partial charge on any atom is -0.480 e. The molecule has 28 heavy (non-hydrogen) atoms. The van der Waals surface area contributed by atoms with E-state index in [0.717, 1.165) is 12.1 Å². The van der Waals surface area contributed by atoms with E-state index >= 15 is 0 Å². The highest BCUT2D eigenvalue weighted by atomic mass is 19.2. The summed E-state index contributed by atoms with van der Waals surface area (Å²) in [6.45, 7) is 6.73. The summed E-state index contributed by atoms with van der Waals surface area (Å²) >= 11 is 0. The number of carbonyl (C=O) groups is 2. The summed E-state index contributed by atoms with van der Waals surface area (Å²) in [5.74, 6) is -2.90. The molecule has 1 aromatic carbocycles. The van der Waals surface area contributed by atoms with E-state index in [1.165, 1.54) is 6.07 Å². The van der Waals surface area contributed by atoms with Gasteiger partial charge in [-0.3, -0.25) is 9.69 Å². The van der Waals surface area contributed by atoms with Crippen molar-refractivity contribution in [3.8, 4) is 0 Å². The number of benzene rings is 1. The van der Waals surface area contributed by atoms with Crippen LogP contribution < -0.4 is 5.32 Å². The minimum atomic E-state index is -0.995. The van der Waals surface area contributed by atoms with Crippen LogP contribution in [0.2, 0.25) is 0 Å². The van der Waals surface area contributed by atoms with E-state index in [-0.39, 0.29) is 25.2 Å². The van der Waals surface area contributed by atoms with Crippen LogP contribution in [0.4, 0.5) is 13.6 Å². The summed E-state index contributed by atoms with van der Waals surface area (Å²) in [6, 6.07) is 2.40. The molecule has 1 aliphatic rings. The topological polar surface area (TPSA) is 82.1 Å². The quantitative estimate of drug-likeness (QED) is 0.688. The van der Waals surface area contributed by atoms with Crippen molar-refractivity contribution in [2.45, 2.75) is 19.1 Å². The molecule has 0 bridgehead atoms. The molecule has 2 atom stereocenters. The summed E-state index contributed by atoms with van der Waals surface area (Å²) in [6.07, 6.45) is -0.324. The summed E-state index contributed by atoms with van der Waals surface area (Å²) in [4.78, 5) is 26.6. The first-order chi connectivity index (χ1) is 13.2. The second-order valence-electron chi connectivity index (χ2n) is 6.93. The molecule has 9 heteroatoms. The van der Waals surface area contributed by atoms with Gasteiger partial charge in [-0.15, -0.1) is 0 Å². The van der Waals surface area contributed by atoms with Crippen LogP contribution in [-0.2, 0) is 9.53 Å². The fourth-order valence-corrected chi connectivity index (χ4v) is 3.06. The molecule has 0 radical (unpaired) electrons. The molecular weight excluding hydrogens is 372 g/mol. The van der Waals surface area contributed by atoms with Gasteiger partial charge in [0.1, 0.15) is 0 Å². The number of aliphatic carboxylic acids is 1. The number of nitrogens with one attached hydrogen (secondary N) is 1. The van der Waals surface area contributed by atoms with Crippen molar-refractivity contribution in [2.75, 3.05) is 39.8 Å². The maximum absolute atomic E-state index is 13.6. The lowest BCUT2D eigenvalue weighted by atomic mass is 10.0. The van der Waals surface area contributed by atoms with Crippen molar-refractivity contribution in [2.24, 2.45) is 0 Å². The maximum Gasteiger partial charge on any atom is 0.318 e. The smallest absolute Gasteiger partial charge is 0.318 e. The van der Waals surface area contributed by atoms with Gasteiger partial charge in [0.25, 0.3) is 0 Å². The molecule has 1 aromatic rings. The van der Waals surface area contributed by atoms with E-state index in [4.69, 9.17) is 9.84 Å². The highest BCUT2D eigenvalue weighted by Gasteiger charge is 2.27. The number of carboxylic acid groups (broad SMARTS) is 1. The lowest BCUT2D eigenvalue weighted by molar-refractivity contribution is -0.138. The maximum atomic E-state index is 13.6. The van der Waals surface area contributed by atoms with E-state index in [1.807, 2.05) is 0 Å². The molecule has 0 saturated carbocycles. The Morgan fingerprint density at radius 1 is 1.43 bits per heavy atom. The first kappa shape index (κ1) is 21.8. The fraction of sp³-hybridized carbons (Fsp3) is 0.474. The Hall–Kier alpha value is -2.52. The molecule has 0 aliphatic carbocycles. The van der Waals surface area contributed by atoms with Crippen LogP contribution in [0, 0.1) is 11.6 Å². The summed E-state index contributed by atoms with van der Waals surface area (Å²) < 4.78 is 32.4. The molecule has 7 nitrogen and oxygen atoms in total. The summed E-state index contributed by atoms with van der Waals surface area (Å²) in [5.41, 5.74) is 0.969. The van der Waals surface area contributed by atoms with E-state index in [9.17, 15) is 18.4 Å². The van der Waals surface area contributed by atoms with Crippen LogP contribution in [-0.4, -0.2) is 72.8 Å². The van der Waals surface area contributed by atoms with Crippen molar-refractivity contribution >= 4 is 12.0 Å². The second kappa shape index (κ2) is 9.61. The lowest BCUT2D eigenvalue weighted by Crippen LogP contribution is -2.52. The Morgan fingerprint density at radius 3 is 2.75 bits per heavy atom. The molecular formula is C19H25F2N3O4. The van der Waals surface area contributed by atoms with Crippen molar-refractivity contribution in [3.05, 3.63) is 47.5 Å². The van der Waals surface area contributed by atoms with Crippen LogP contribution in [0.3, 0.4) is 0 Å². The van der Waals surface area contributed by atoms with Crippen LogP contribution in [0.5, 0.6) is 0 Å². The van der Waals surface area contributed by atoms with Crippen molar-refractivity contribution in [1.29, 1.82) is 0 Å². The third kappa shape index (κ3) is 6.00. The van der Waals surface area contributed by atoms with Crippen LogP contribution >= 0.6 is 0 Å². The van der Waals surface area contributed by atoms with Crippen LogP contribution in [0.15, 0.2) is 30.4 Å². The van der Waals surface area contributed by atoms with Gasteiger partial charge in [0.2, 0.25) is 0 Å². The highest BCUT2D eigenvalue weighted by molar-refractivity contribution is 5.75. The molecule has 2 N–H and O–H groups in total. The highest BCUT2D eigenvalue weighted by Crippen LogP contribution is 2.22. The van der Waals surface area contributed by atoms with E-state index in [0.29, 0.717) is 30.8 Å². The Labute approximate surface area is 162 Å². The van der Waals surface area contributed by atoms with Crippen molar-refractivity contribution < 1.29 is 28.2 Å². The summed E-state index contributed by atoms with van der Waals surface area (Å²) in [5, 5.41) is 11.6. The van der Waals surface area contributed by atoms with Crippen molar-refractivity contribution in [3.63, 3.8) is 0 Å². The molecule has 2 unspecified atom stereocenters. The van der Waals surface area contributed by atoms with E-state index in [1.54, 1.807) is 23.8 Å². The molecule has 1 fully saturated rings. The normalized spacial score (nSPS) is 18.0. The molecule has 2 amide bonds. The molecule has 1 saturated heterocycles. The average molecular weight is 397 g/mol. The standard InChI is InChI=1S/C19H25F2N3O4/c1-12(2)18(13-4-5-15(20)16(21)8-13)22-19(27)24-6-7-28-14(10-24)9-23(3)11-17(25)26/h4-5,8,14,18H,1,6-7,9-11H2,2-3H3,(H,22,27)(H,25,26). The number of ether oxygens (including phenoxy) is 1. The average Bonchev–Trinajstić information content (AvgIpc) is 2.61. The number of carbonyl (C=O) groups excluding carboxylic acids is 1. The van der Waals surface area contributed by atoms with Gasteiger partial charge in [0, 0.05) is 19.6 Å². The number of hydrogen-bond donors (Lipinski definition) is 2. The molecule has 1 aliphatic heterocycles. The summed E-state index contributed by atoms with van der Waals surface area (Å²) in [7, 11) is 1.66.